The van der Waals surface area contributed by atoms with Crippen molar-refractivity contribution in [3.63, 3.8) is 0 Å². The van der Waals surface area contributed by atoms with Crippen molar-refractivity contribution in [3.05, 3.63) is 45.6 Å². The molecule has 0 fully saturated rings. The van der Waals surface area contributed by atoms with Crippen molar-refractivity contribution in [2.75, 3.05) is 25.6 Å². The van der Waals surface area contributed by atoms with Crippen LogP contribution in [0, 0.1) is 0 Å². The molecule has 3 rings (SSSR count). The number of nitrogens with zero attached hydrogens (tertiary/aromatic N) is 2. The third-order valence-corrected chi connectivity index (χ3v) is 5.10. The minimum Gasteiger partial charge on any atom is -0.383 e. The monoisotopic (exact) mass is 436 g/mol. The Morgan fingerprint density at radius 1 is 1.36 bits per heavy atom. The molecule has 2 N–H and O–H groups in total. The third kappa shape index (κ3) is 4.37. The van der Waals surface area contributed by atoms with E-state index in [1.807, 2.05) is 0 Å². The summed E-state index contributed by atoms with van der Waals surface area (Å²) >= 11 is 11.9. The second-order valence-corrected chi connectivity index (χ2v) is 7.09. The molecule has 152 valence electrons. The summed E-state index contributed by atoms with van der Waals surface area (Å²) in [5.41, 5.74) is 0.449. The van der Waals surface area contributed by atoms with Gasteiger partial charge in [-0.05, 0) is 17.7 Å². The molecule has 1 aliphatic rings. The van der Waals surface area contributed by atoms with Crippen LogP contribution in [0.1, 0.15) is 34.6 Å². The maximum absolute atomic E-state index is 13.7. The molecule has 28 heavy (non-hydrogen) atoms. The van der Waals surface area contributed by atoms with Crippen LogP contribution in [0.15, 0.2) is 24.3 Å². The van der Waals surface area contributed by atoms with E-state index in [4.69, 9.17) is 27.9 Å². The van der Waals surface area contributed by atoms with Crippen LogP contribution in [0.5, 0.6) is 0 Å². The zero-order valence-electron chi connectivity index (χ0n) is 14.7. The molecule has 0 aliphatic carbocycles. The summed E-state index contributed by atoms with van der Waals surface area (Å²) in [7, 11) is 1.47. The summed E-state index contributed by atoms with van der Waals surface area (Å²) in [6.07, 6.45) is -4.85. The number of methoxy groups -OCH3 is 1. The molecule has 0 spiro atoms. The first-order chi connectivity index (χ1) is 13.2. The minimum absolute atomic E-state index is 0.0986. The van der Waals surface area contributed by atoms with E-state index in [2.05, 4.69) is 15.7 Å². The van der Waals surface area contributed by atoms with E-state index in [-0.39, 0.29) is 36.1 Å². The molecule has 1 aromatic heterocycles. The number of nitrogens with one attached hydrogen (secondary N) is 2. The van der Waals surface area contributed by atoms with Crippen molar-refractivity contribution in [1.82, 2.24) is 15.1 Å². The molecule has 0 bridgehead atoms. The molecule has 0 saturated heterocycles. The molecule has 6 nitrogen and oxygen atoms in total. The average molecular weight is 437 g/mol. The number of amides is 1. The average Bonchev–Trinajstić information content (AvgIpc) is 3.06. The van der Waals surface area contributed by atoms with E-state index < -0.39 is 24.2 Å². The number of carbonyl (C=O) groups is 1. The number of rotatable bonds is 5. The lowest BCUT2D eigenvalue weighted by Gasteiger charge is -2.33. The Morgan fingerprint density at radius 3 is 2.75 bits per heavy atom. The zero-order valence-corrected chi connectivity index (χ0v) is 16.2. The van der Waals surface area contributed by atoms with Gasteiger partial charge in [0, 0.05) is 26.1 Å². The SMILES string of the molecule is COCCNC(=O)c1cc2n(n1)[C@H](C(F)(F)F)C[C@H](c1ccc(Cl)c(Cl)c1)N2. The summed E-state index contributed by atoms with van der Waals surface area (Å²) in [6.45, 7) is 0.502. The van der Waals surface area contributed by atoms with Crippen LogP contribution in [0.3, 0.4) is 0 Å². The molecule has 0 unspecified atom stereocenters. The first kappa shape index (κ1) is 20.8. The van der Waals surface area contributed by atoms with E-state index in [1.165, 1.54) is 25.3 Å². The summed E-state index contributed by atoms with van der Waals surface area (Å²) in [5, 5.41) is 9.97. The number of hydrogen-bond acceptors (Lipinski definition) is 4. The Balaban J connectivity index is 1.91. The van der Waals surface area contributed by atoms with Gasteiger partial charge < -0.3 is 15.4 Å². The second-order valence-electron chi connectivity index (χ2n) is 6.27. The second kappa shape index (κ2) is 8.18. The van der Waals surface area contributed by atoms with Crippen LogP contribution in [0.25, 0.3) is 0 Å². The molecule has 1 amide bonds. The fraction of sp³-hybridized carbons (Fsp3) is 0.412. The summed E-state index contributed by atoms with van der Waals surface area (Å²) < 4.78 is 46.6. The van der Waals surface area contributed by atoms with E-state index in [0.717, 1.165) is 4.68 Å². The zero-order chi connectivity index (χ0) is 20.5. The van der Waals surface area contributed by atoms with Crippen molar-refractivity contribution in [2.45, 2.75) is 24.7 Å². The number of anilines is 1. The minimum atomic E-state index is -4.54. The molecule has 0 saturated carbocycles. The number of halogens is 5. The highest BCUT2D eigenvalue weighted by atomic mass is 35.5. The molecule has 1 aromatic carbocycles. The molecule has 1 aliphatic heterocycles. The van der Waals surface area contributed by atoms with Gasteiger partial charge >= 0.3 is 6.18 Å². The summed E-state index contributed by atoms with van der Waals surface area (Å²) in [6, 6.07) is 3.41. The van der Waals surface area contributed by atoms with Gasteiger partial charge in [-0.3, -0.25) is 4.79 Å². The highest BCUT2D eigenvalue weighted by Crippen LogP contribution is 2.44. The Hall–Kier alpha value is -1.97. The first-order valence-corrected chi connectivity index (χ1v) is 9.11. The van der Waals surface area contributed by atoms with Crippen molar-refractivity contribution in [2.24, 2.45) is 0 Å². The van der Waals surface area contributed by atoms with E-state index in [1.54, 1.807) is 6.07 Å². The normalized spacial score (nSPS) is 19.1. The molecule has 2 heterocycles. The number of aromatic nitrogens is 2. The van der Waals surface area contributed by atoms with Crippen LogP contribution >= 0.6 is 23.2 Å². The predicted octanol–water partition coefficient (Wildman–Crippen LogP) is 4.23. The maximum Gasteiger partial charge on any atom is 0.410 e. The molecule has 2 aromatic rings. The number of alkyl halides is 3. The predicted molar refractivity (Wildman–Crippen MR) is 99.0 cm³/mol. The van der Waals surface area contributed by atoms with Gasteiger partial charge in [-0.2, -0.15) is 18.3 Å². The number of benzene rings is 1. The number of hydrogen-bond donors (Lipinski definition) is 2. The number of ether oxygens (including phenoxy) is 1. The molecule has 11 heteroatoms. The third-order valence-electron chi connectivity index (χ3n) is 4.36. The lowest BCUT2D eigenvalue weighted by Crippen LogP contribution is -2.36. The maximum atomic E-state index is 13.7. The fourth-order valence-electron chi connectivity index (χ4n) is 2.99. The lowest BCUT2D eigenvalue weighted by molar-refractivity contribution is -0.173. The molecular weight excluding hydrogens is 420 g/mol. The van der Waals surface area contributed by atoms with Gasteiger partial charge in [0.15, 0.2) is 11.7 Å². The van der Waals surface area contributed by atoms with Gasteiger partial charge in [-0.25, -0.2) is 4.68 Å². The Kier molecular flexibility index (Phi) is 6.07. The van der Waals surface area contributed by atoms with Crippen LogP contribution in [-0.4, -0.2) is 42.1 Å². The van der Waals surface area contributed by atoms with E-state index >= 15 is 0 Å². The fourth-order valence-corrected chi connectivity index (χ4v) is 3.30. The number of fused-ring (bicyclic) bond motifs is 1. The Bertz CT molecular complexity index is 873. The van der Waals surface area contributed by atoms with Crippen molar-refractivity contribution in [3.8, 4) is 0 Å². The highest BCUT2D eigenvalue weighted by Gasteiger charge is 2.46. The Labute approximate surface area is 168 Å². The van der Waals surface area contributed by atoms with Gasteiger partial charge in [0.1, 0.15) is 5.82 Å². The van der Waals surface area contributed by atoms with Gasteiger partial charge in [0.25, 0.3) is 5.91 Å². The topological polar surface area (TPSA) is 68.2 Å². The van der Waals surface area contributed by atoms with E-state index in [0.29, 0.717) is 10.6 Å². The first-order valence-electron chi connectivity index (χ1n) is 8.35. The van der Waals surface area contributed by atoms with Crippen LogP contribution < -0.4 is 10.6 Å². The van der Waals surface area contributed by atoms with Gasteiger partial charge in [0.05, 0.1) is 22.7 Å². The molecule has 2 atom stereocenters. The van der Waals surface area contributed by atoms with E-state index in [9.17, 15) is 18.0 Å². The Morgan fingerprint density at radius 2 is 2.11 bits per heavy atom. The van der Waals surface area contributed by atoms with Crippen LogP contribution in [0.2, 0.25) is 10.0 Å². The molecule has 0 radical (unpaired) electrons. The van der Waals surface area contributed by atoms with Crippen LogP contribution in [0.4, 0.5) is 19.0 Å². The highest BCUT2D eigenvalue weighted by molar-refractivity contribution is 6.42. The smallest absolute Gasteiger partial charge is 0.383 e. The summed E-state index contributed by atoms with van der Waals surface area (Å²) in [4.78, 5) is 12.1. The standard InChI is InChI=1S/C17H17Cl2F3N4O2/c1-28-5-4-23-16(27)13-8-15-24-12(9-2-3-10(18)11(19)6-9)7-14(17(20,21)22)26(15)25-13/h2-3,6,8,12,14,24H,4-5,7H2,1H3,(H,23,27)/t12-,14+/m1/s1. The molecular formula is C17H17Cl2F3N4O2. The number of carbonyl (C=O) groups excluding carboxylic acids is 1. The van der Waals surface area contributed by atoms with Gasteiger partial charge in [-0.15, -0.1) is 0 Å². The van der Waals surface area contributed by atoms with Crippen molar-refractivity contribution < 1.29 is 22.7 Å². The van der Waals surface area contributed by atoms with Crippen molar-refractivity contribution >= 4 is 34.9 Å². The van der Waals surface area contributed by atoms with Gasteiger partial charge in [-0.1, -0.05) is 29.3 Å². The van der Waals surface area contributed by atoms with Crippen molar-refractivity contribution in [1.29, 1.82) is 0 Å². The summed E-state index contributed by atoms with van der Waals surface area (Å²) in [5.74, 6) is -0.477. The van der Waals surface area contributed by atoms with Gasteiger partial charge in [0.2, 0.25) is 0 Å². The largest absolute Gasteiger partial charge is 0.410 e. The quantitative estimate of drug-likeness (QED) is 0.688. The lowest BCUT2D eigenvalue weighted by atomic mass is 9.97. The van der Waals surface area contributed by atoms with Crippen LogP contribution in [-0.2, 0) is 4.74 Å².